The second-order valence-corrected chi connectivity index (χ2v) is 8.21. The van der Waals surface area contributed by atoms with Crippen molar-refractivity contribution >= 4 is 34.8 Å². The number of thioether (sulfide) groups is 1. The fourth-order valence-corrected chi connectivity index (χ4v) is 4.53. The minimum absolute atomic E-state index is 0.100. The lowest BCUT2D eigenvalue weighted by atomic mass is 9.97. The van der Waals surface area contributed by atoms with Crippen molar-refractivity contribution in [1.29, 1.82) is 0 Å². The van der Waals surface area contributed by atoms with Gasteiger partial charge in [-0.05, 0) is 54.3 Å². The number of hydrogen-bond acceptors (Lipinski definition) is 4. The highest BCUT2D eigenvalue weighted by Crippen LogP contribution is 2.33. The molecule has 1 amide bonds. The number of amides is 1. The number of nitrogens with one attached hydrogen (secondary N) is 1. The smallest absolute Gasteiger partial charge is 0.236 e. The zero-order valence-electron chi connectivity index (χ0n) is 15.9. The van der Waals surface area contributed by atoms with Crippen LogP contribution in [0, 0.1) is 5.92 Å². The Bertz CT molecular complexity index is 1030. The van der Waals surface area contributed by atoms with Crippen molar-refractivity contribution in [1.82, 2.24) is 0 Å². The van der Waals surface area contributed by atoms with Crippen LogP contribution in [0.2, 0.25) is 0 Å². The highest BCUT2D eigenvalue weighted by atomic mass is 32.2. The summed E-state index contributed by atoms with van der Waals surface area (Å²) >= 11 is 1.56. The first kappa shape index (κ1) is 19.3. The van der Waals surface area contributed by atoms with Crippen LogP contribution in [0.25, 0.3) is 0 Å². The highest BCUT2D eigenvalue weighted by Gasteiger charge is 2.33. The van der Waals surface area contributed by atoms with Crippen LogP contribution < -0.4 is 11.1 Å². The number of anilines is 2. The predicted molar refractivity (Wildman–Crippen MR) is 118 cm³/mol. The van der Waals surface area contributed by atoms with E-state index in [0.717, 1.165) is 23.4 Å². The molecule has 1 heterocycles. The number of benzene rings is 3. The quantitative estimate of drug-likeness (QED) is 0.483. The van der Waals surface area contributed by atoms with Crippen molar-refractivity contribution in [3.63, 3.8) is 0 Å². The number of nitrogens with two attached hydrogens (primary N) is 1. The zero-order chi connectivity index (χ0) is 20.2. The molecule has 1 aliphatic rings. The molecule has 29 heavy (non-hydrogen) atoms. The SMILES string of the molecule is Nc1ccc(CCc2ccc(NC(=O)C3CSc4ccccc4C3=O)cc2)cc1. The molecule has 0 aliphatic carbocycles. The average molecular weight is 403 g/mol. The number of fused-ring (bicyclic) bond motifs is 1. The Kier molecular flexibility index (Phi) is 5.67. The van der Waals surface area contributed by atoms with Crippen LogP contribution in [0.1, 0.15) is 21.5 Å². The molecule has 0 radical (unpaired) electrons. The molecule has 0 aromatic heterocycles. The van der Waals surface area contributed by atoms with Crippen molar-refractivity contribution in [2.24, 2.45) is 5.92 Å². The summed E-state index contributed by atoms with van der Waals surface area (Å²) in [6.45, 7) is 0. The monoisotopic (exact) mass is 402 g/mol. The minimum atomic E-state index is -0.653. The number of ketones is 1. The van der Waals surface area contributed by atoms with E-state index in [4.69, 9.17) is 5.73 Å². The van der Waals surface area contributed by atoms with Gasteiger partial charge in [-0.2, -0.15) is 0 Å². The Morgan fingerprint density at radius 2 is 1.55 bits per heavy atom. The van der Waals surface area contributed by atoms with Crippen LogP contribution in [-0.2, 0) is 17.6 Å². The molecular weight excluding hydrogens is 380 g/mol. The minimum Gasteiger partial charge on any atom is -0.399 e. The first-order valence-electron chi connectivity index (χ1n) is 9.60. The summed E-state index contributed by atoms with van der Waals surface area (Å²) in [4.78, 5) is 26.3. The second kappa shape index (κ2) is 8.53. The Morgan fingerprint density at radius 1 is 0.931 bits per heavy atom. The number of Topliss-reactive ketones (excluding diaryl/α,β-unsaturated/α-hetero) is 1. The zero-order valence-corrected chi connectivity index (χ0v) is 16.7. The molecule has 3 N–H and O–H groups in total. The van der Waals surface area contributed by atoms with Crippen molar-refractivity contribution in [2.45, 2.75) is 17.7 Å². The van der Waals surface area contributed by atoms with Gasteiger partial charge in [0.1, 0.15) is 5.92 Å². The van der Waals surface area contributed by atoms with E-state index in [0.29, 0.717) is 17.0 Å². The predicted octanol–water partition coefficient (Wildman–Crippen LogP) is 4.60. The lowest BCUT2D eigenvalue weighted by Gasteiger charge is -2.22. The van der Waals surface area contributed by atoms with Crippen molar-refractivity contribution in [2.75, 3.05) is 16.8 Å². The van der Waals surface area contributed by atoms with Crippen LogP contribution in [0.15, 0.2) is 77.7 Å². The molecule has 0 bridgehead atoms. The Balaban J connectivity index is 1.35. The lowest BCUT2D eigenvalue weighted by Crippen LogP contribution is -2.34. The van der Waals surface area contributed by atoms with E-state index in [-0.39, 0.29) is 11.7 Å². The number of aryl methyl sites for hydroxylation is 2. The summed E-state index contributed by atoms with van der Waals surface area (Å²) in [6.07, 6.45) is 1.84. The largest absolute Gasteiger partial charge is 0.399 e. The second-order valence-electron chi connectivity index (χ2n) is 7.15. The van der Waals surface area contributed by atoms with E-state index in [9.17, 15) is 9.59 Å². The molecule has 0 saturated carbocycles. The molecule has 1 atom stereocenters. The normalized spacial score (nSPS) is 15.6. The first-order chi connectivity index (χ1) is 14.1. The maximum atomic E-state index is 12.7. The van der Waals surface area contributed by atoms with Gasteiger partial charge in [0.15, 0.2) is 5.78 Å². The molecule has 0 fully saturated rings. The fraction of sp³-hybridized carbons (Fsp3) is 0.167. The third-order valence-electron chi connectivity index (χ3n) is 5.09. The van der Waals surface area contributed by atoms with E-state index in [1.165, 1.54) is 11.1 Å². The fourth-order valence-electron chi connectivity index (χ4n) is 3.38. The van der Waals surface area contributed by atoms with Gasteiger partial charge >= 0.3 is 0 Å². The topological polar surface area (TPSA) is 72.2 Å². The number of carbonyl (C=O) groups excluding carboxylic acids is 2. The van der Waals surface area contributed by atoms with Crippen molar-refractivity contribution in [3.8, 4) is 0 Å². The standard InChI is InChI=1S/C24H22N2O2S/c25-18-11-7-16(8-12-18)5-6-17-9-13-19(14-10-17)26-24(28)21-15-29-22-4-2-1-3-20(22)23(21)27/h1-4,7-14,21H,5-6,15,25H2,(H,26,28). The van der Waals surface area contributed by atoms with Gasteiger partial charge in [0.2, 0.25) is 5.91 Å². The van der Waals surface area contributed by atoms with Gasteiger partial charge in [-0.25, -0.2) is 0 Å². The first-order valence-corrected chi connectivity index (χ1v) is 10.6. The van der Waals surface area contributed by atoms with Crippen LogP contribution >= 0.6 is 11.8 Å². The van der Waals surface area contributed by atoms with E-state index < -0.39 is 5.92 Å². The summed E-state index contributed by atoms with van der Waals surface area (Å²) in [6, 6.07) is 23.2. The van der Waals surface area contributed by atoms with E-state index >= 15 is 0 Å². The summed E-state index contributed by atoms with van der Waals surface area (Å²) in [5, 5.41) is 2.89. The molecule has 4 rings (SSSR count). The van der Waals surface area contributed by atoms with Crippen molar-refractivity contribution < 1.29 is 9.59 Å². The van der Waals surface area contributed by atoms with Gasteiger partial charge in [0, 0.05) is 27.6 Å². The lowest BCUT2D eigenvalue weighted by molar-refractivity contribution is -0.118. The average Bonchev–Trinajstić information content (AvgIpc) is 2.75. The summed E-state index contributed by atoms with van der Waals surface area (Å²) in [5.74, 6) is -0.523. The molecule has 3 aromatic rings. The van der Waals surface area contributed by atoms with Gasteiger partial charge in [-0.15, -0.1) is 11.8 Å². The Labute approximate surface area is 174 Å². The van der Waals surface area contributed by atoms with Gasteiger partial charge in [-0.1, -0.05) is 42.5 Å². The molecule has 1 unspecified atom stereocenters. The number of rotatable bonds is 5. The van der Waals surface area contributed by atoms with Gasteiger partial charge in [0.25, 0.3) is 0 Å². The molecule has 4 nitrogen and oxygen atoms in total. The highest BCUT2D eigenvalue weighted by molar-refractivity contribution is 7.99. The molecule has 146 valence electrons. The van der Waals surface area contributed by atoms with Crippen LogP contribution in [-0.4, -0.2) is 17.4 Å². The van der Waals surface area contributed by atoms with Gasteiger partial charge in [0.05, 0.1) is 0 Å². The van der Waals surface area contributed by atoms with E-state index in [1.54, 1.807) is 17.8 Å². The molecule has 0 saturated heterocycles. The molecule has 3 aromatic carbocycles. The molecule has 5 heteroatoms. The summed E-state index contributed by atoms with van der Waals surface area (Å²) in [5.41, 5.74) is 10.3. The van der Waals surface area contributed by atoms with Crippen LogP contribution in [0.4, 0.5) is 11.4 Å². The maximum Gasteiger partial charge on any atom is 0.236 e. The van der Waals surface area contributed by atoms with Crippen LogP contribution in [0.5, 0.6) is 0 Å². The maximum absolute atomic E-state index is 12.7. The summed E-state index contributed by atoms with van der Waals surface area (Å²) < 4.78 is 0. The van der Waals surface area contributed by atoms with E-state index in [1.807, 2.05) is 66.7 Å². The number of hydrogen-bond donors (Lipinski definition) is 2. The van der Waals surface area contributed by atoms with Crippen LogP contribution in [0.3, 0.4) is 0 Å². The Hall–Kier alpha value is -3.05. The number of nitrogen functional groups attached to an aromatic ring is 1. The Morgan fingerprint density at radius 3 is 2.24 bits per heavy atom. The van der Waals surface area contributed by atoms with Gasteiger partial charge < -0.3 is 11.1 Å². The summed E-state index contributed by atoms with van der Waals surface area (Å²) in [7, 11) is 0. The third kappa shape index (κ3) is 4.51. The third-order valence-corrected chi connectivity index (χ3v) is 6.26. The molecular formula is C24H22N2O2S. The molecule has 1 aliphatic heterocycles. The van der Waals surface area contributed by atoms with Crippen molar-refractivity contribution in [3.05, 3.63) is 89.5 Å². The van der Waals surface area contributed by atoms with Gasteiger partial charge in [-0.3, -0.25) is 9.59 Å². The number of carbonyl (C=O) groups is 2. The van der Waals surface area contributed by atoms with E-state index in [2.05, 4.69) is 5.32 Å². The molecule has 0 spiro atoms.